The number of ketones is 1. The molecule has 148 valence electrons. The lowest BCUT2D eigenvalue weighted by atomic mass is 9.67. The van der Waals surface area contributed by atoms with Crippen molar-refractivity contribution >= 4 is 5.78 Å². The normalized spacial score (nSPS) is 12.2. The molecule has 0 aliphatic heterocycles. The Kier molecular flexibility index (Phi) is 17.3. The molecule has 0 atom stereocenters. The lowest BCUT2D eigenvalue weighted by Gasteiger charge is -2.37. The molecular formula is C23H45NO. The van der Waals surface area contributed by atoms with Crippen LogP contribution in [0.5, 0.6) is 0 Å². The molecule has 0 aromatic carbocycles. The first kappa shape index (κ1) is 28.6. The van der Waals surface area contributed by atoms with Gasteiger partial charge in [-0.15, -0.1) is 0 Å². The smallest absolute Gasteiger partial charge is 0.168 e. The number of allylic oxidation sites excluding steroid dienone is 5. The first-order chi connectivity index (χ1) is 11.5. The lowest BCUT2D eigenvalue weighted by molar-refractivity contribution is -0.124. The van der Waals surface area contributed by atoms with Crippen molar-refractivity contribution in [2.45, 2.75) is 75.7 Å². The van der Waals surface area contributed by atoms with Gasteiger partial charge >= 0.3 is 0 Å². The van der Waals surface area contributed by atoms with E-state index in [1.54, 1.807) is 12.2 Å². The van der Waals surface area contributed by atoms with Crippen LogP contribution in [0.4, 0.5) is 0 Å². The molecule has 0 unspecified atom stereocenters. The van der Waals surface area contributed by atoms with E-state index in [1.165, 1.54) is 0 Å². The predicted octanol–water partition coefficient (Wildman–Crippen LogP) is 6.59. The van der Waals surface area contributed by atoms with Crippen molar-refractivity contribution in [3.05, 3.63) is 36.5 Å². The average Bonchev–Trinajstić information content (AvgIpc) is 2.55. The summed E-state index contributed by atoms with van der Waals surface area (Å²) in [6, 6.07) is 0. The summed E-state index contributed by atoms with van der Waals surface area (Å²) in [5.74, 6) is 0.743. The van der Waals surface area contributed by atoms with E-state index in [9.17, 15) is 4.79 Å². The number of hydrogen-bond acceptors (Lipinski definition) is 2. The highest BCUT2D eigenvalue weighted by molar-refractivity contribution is 6.02. The van der Waals surface area contributed by atoms with E-state index >= 15 is 0 Å². The van der Waals surface area contributed by atoms with E-state index in [0.717, 1.165) is 18.5 Å². The van der Waals surface area contributed by atoms with Gasteiger partial charge in [0.1, 0.15) is 0 Å². The number of nitrogens with one attached hydrogen (secondary N) is 1. The van der Waals surface area contributed by atoms with Crippen LogP contribution in [0.3, 0.4) is 0 Å². The van der Waals surface area contributed by atoms with Crippen LogP contribution in [0, 0.1) is 16.7 Å². The van der Waals surface area contributed by atoms with Gasteiger partial charge in [-0.25, -0.2) is 0 Å². The fraction of sp³-hybridized carbons (Fsp3) is 0.696. The van der Waals surface area contributed by atoms with E-state index in [4.69, 9.17) is 0 Å². The molecule has 2 heteroatoms. The van der Waals surface area contributed by atoms with Gasteiger partial charge in [-0.3, -0.25) is 4.79 Å². The minimum absolute atomic E-state index is 0.147. The number of carbonyl (C=O) groups excluding carboxylic acids is 1. The molecule has 0 radical (unpaired) electrons. The molecule has 0 saturated heterocycles. The third-order valence-corrected chi connectivity index (χ3v) is 4.33. The van der Waals surface area contributed by atoms with Crippen molar-refractivity contribution < 1.29 is 4.79 Å². The van der Waals surface area contributed by atoms with E-state index in [1.807, 2.05) is 53.8 Å². The van der Waals surface area contributed by atoms with E-state index in [0.29, 0.717) is 5.92 Å². The van der Waals surface area contributed by atoms with Crippen molar-refractivity contribution in [1.82, 2.24) is 5.32 Å². The molecule has 0 aliphatic rings. The predicted molar refractivity (Wildman–Crippen MR) is 116 cm³/mol. The Morgan fingerprint density at radius 2 is 1.60 bits per heavy atom. The first-order valence-corrected chi connectivity index (χ1v) is 9.64. The molecule has 0 aromatic rings. The molecule has 0 heterocycles. The quantitative estimate of drug-likeness (QED) is 0.394. The van der Waals surface area contributed by atoms with Crippen molar-refractivity contribution in [3.63, 3.8) is 0 Å². The summed E-state index contributed by atoms with van der Waals surface area (Å²) in [5, 5.41) is 2.93. The van der Waals surface area contributed by atoms with Gasteiger partial charge in [-0.2, -0.15) is 0 Å². The van der Waals surface area contributed by atoms with Crippen molar-refractivity contribution in [3.8, 4) is 0 Å². The van der Waals surface area contributed by atoms with Gasteiger partial charge in [-0.05, 0) is 38.3 Å². The maximum absolute atomic E-state index is 12.7. The first-order valence-electron chi connectivity index (χ1n) is 9.64. The fourth-order valence-electron chi connectivity index (χ4n) is 2.33. The Labute approximate surface area is 158 Å². The molecule has 0 aromatic heterocycles. The molecule has 0 spiro atoms. The second-order valence-electron chi connectivity index (χ2n) is 7.60. The van der Waals surface area contributed by atoms with Crippen LogP contribution >= 0.6 is 0 Å². The molecule has 0 bridgehead atoms. The maximum Gasteiger partial charge on any atom is 0.168 e. The lowest BCUT2D eigenvalue weighted by Crippen LogP contribution is -2.34. The monoisotopic (exact) mass is 351 g/mol. The Morgan fingerprint density at radius 3 is 1.88 bits per heavy atom. The van der Waals surface area contributed by atoms with Gasteiger partial charge in [0.15, 0.2) is 5.78 Å². The van der Waals surface area contributed by atoms with E-state index in [2.05, 4.69) is 46.5 Å². The molecule has 0 saturated carbocycles. The van der Waals surface area contributed by atoms with Gasteiger partial charge in [0, 0.05) is 11.0 Å². The van der Waals surface area contributed by atoms with E-state index < -0.39 is 0 Å². The Bertz CT molecular complexity index is 410. The van der Waals surface area contributed by atoms with Crippen LogP contribution in [-0.2, 0) is 4.79 Å². The minimum Gasteiger partial charge on any atom is -0.320 e. The number of carbonyl (C=O) groups is 1. The highest BCUT2D eigenvalue weighted by Crippen LogP contribution is 2.40. The SMILES string of the molecule is C=C/C=C(\C=C/C)C(=O)C(C)(C)CC(C)(C)C(C)C.CC.CCNC. The summed E-state index contributed by atoms with van der Waals surface area (Å²) in [5.41, 5.74) is 0.526. The van der Waals surface area contributed by atoms with Crippen LogP contribution in [0.15, 0.2) is 36.5 Å². The van der Waals surface area contributed by atoms with Crippen LogP contribution in [0.1, 0.15) is 75.7 Å². The van der Waals surface area contributed by atoms with Crippen molar-refractivity contribution in [1.29, 1.82) is 0 Å². The molecular weight excluding hydrogens is 306 g/mol. The van der Waals surface area contributed by atoms with Crippen LogP contribution in [0.2, 0.25) is 0 Å². The van der Waals surface area contributed by atoms with Gasteiger partial charge in [0.05, 0.1) is 0 Å². The standard InChI is InChI=1S/C18H30O.C3H9N.C2H6/c1-9-11-15(12-10-2)16(19)18(7,8)13-17(5,6)14(3)4;1-3-4-2;1-2/h9-12,14H,1,13H2,2-8H3;4H,3H2,1-2H3;1-2H3/b12-10-,15-11+;;. The average molecular weight is 352 g/mol. The maximum atomic E-state index is 12.7. The summed E-state index contributed by atoms with van der Waals surface area (Å²) in [4.78, 5) is 12.7. The number of hydrogen-bond donors (Lipinski definition) is 1. The van der Waals surface area contributed by atoms with Gasteiger partial charge < -0.3 is 5.32 Å². The summed E-state index contributed by atoms with van der Waals surface area (Å²) < 4.78 is 0. The Hall–Kier alpha value is -1.15. The zero-order chi connectivity index (χ0) is 20.7. The fourth-order valence-corrected chi connectivity index (χ4v) is 2.33. The number of Topliss-reactive ketones (excluding diaryl/α,β-unsaturated/α-hetero) is 1. The van der Waals surface area contributed by atoms with Crippen molar-refractivity contribution in [2.75, 3.05) is 13.6 Å². The van der Waals surface area contributed by atoms with Gasteiger partial charge in [-0.1, -0.05) is 93.2 Å². The third kappa shape index (κ3) is 12.8. The summed E-state index contributed by atoms with van der Waals surface area (Å²) in [6.45, 7) is 25.7. The van der Waals surface area contributed by atoms with Gasteiger partial charge in [0.2, 0.25) is 0 Å². The van der Waals surface area contributed by atoms with Gasteiger partial charge in [0.25, 0.3) is 0 Å². The molecule has 0 rings (SSSR count). The highest BCUT2D eigenvalue weighted by Gasteiger charge is 2.36. The minimum atomic E-state index is -0.359. The molecule has 0 amide bonds. The topological polar surface area (TPSA) is 29.1 Å². The Morgan fingerprint density at radius 1 is 1.16 bits per heavy atom. The van der Waals surface area contributed by atoms with Crippen LogP contribution in [-0.4, -0.2) is 19.4 Å². The largest absolute Gasteiger partial charge is 0.320 e. The summed E-state index contributed by atoms with van der Waals surface area (Å²) in [6.07, 6.45) is 8.12. The highest BCUT2D eigenvalue weighted by atomic mass is 16.1. The van der Waals surface area contributed by atoms with Crippen LogP contribution in [0.25, 0.3) is 0 Å². The summed E-state index contributed by atoms with van der Waals surface area (Å²) in [7, 11) is 1.93. The molecule has 1 N–H and O–H groups in total. The molecule has 0 fully saturated rings. The Balaban J connectivity index is -0.000000701. The zero-order valence-corrected chi connectivity index (χ0v) is 18.9. The molecule has 25 heavy (non-hydrogen) atoms. The number of rotatable bonds is 8. The second kappa shape index (κ2) is 15.1. The van der Waals surface area contributed by atoms with E-state index in [-0.39, 0.29) is 16.6 Å². The third-order valence-electron chi connectivity index (χ3n) is 4.33. The van der Waals surface area contributed by atoms with Crippen molar-refractivity contribution in [2.24, 2.45) is 16.7 Å². The molecule has 0 aliphatic carbocycles. The molecule has 2 nitrogen and oxygen atoms in total. The zero-order valence-electron chi connectivity index (χ0n) is 18.9. The van der Waals surface area contributed by atoms with Crippen LogP contribution < -0.4 is 5.32 Å². The summed E-state index contributed by atoms with van der Waals surface area (Å²) >= 11 is 0. The second-order valence-corrected chi connectivity index (χ2v) is 7.60.